The summed E-state index contributed by atoms with van der Waals surface area (Å²) in [6.07, 6.45) is 1.56. The van der Waals surface area contributed by atoms with Crippen molar-refractivity contribution in [1.82, 2.24) is 14.8 Å². The lowest BCUT2D eigenvalue weighted by Gasteiger charge is -2.15. The highest BCUT2D eigenvalue weighted by Gasteiger charge is 2.17. The number of para-hydroxylation sites is 1. The molecule has 7 heteroatoms. The van der Waals surface area contributed by atoms with Crippen LogP contribution in [0.25, 0.3) is 22.2 Å². The van der Waals surface area contributed by atoms with E-state index in [0.717, 1.165) is 6.04 Å². The molecule has 3 rings (SSSR count). The van der Waals surface area contributed by atoms with Crippen molar-refractivity contribution in [2.24, 2.45) is 0 Å². The van der Waals surface area contributed by atoms with E-state index >= 15 is 0 Å². The number of hydrogen-bond donors (Lipinski definition) is 1. The van der Waals surface area contributed by atoms with Crippen LogP contribution < -0.4 is 5.56 Å². The van der Waals surface area contributed by atoms with Gasteiger partial charge in [0, 0.05) is 37.9 Å². The average molecular weight is 359 g/mol. The number of hydrogen-bond acceptors (Lipinski definition) is 3. The van der Waals surface area contributed by atoms with E-state index in [1.165, 1.54) is 16.8 Å². The van der Waals surface area contributed by atoms with Gasteiger partial charge in [-0.05, 0) is 18.2 Å². The monoisotopic (exact) mass is 359 g/mol. The molecule has 0 radical (unpaired) electrons. The van der Waals surface area contributed by atoms with Gasteiger partial charge in [-0.2, -0.15) is 5.10 Å². The van der Waals surface area contributed by atoms with E-state index in [2.05, 4.69) is 29.7 Å². The lowest BCUT2D eigenvalue weighted by molar-refractivity contribution is 0.0815. The predicted octanol–water partition coefficient (Wildman–Crippen LogP) is 3.84. The maximum Gasteiger partial charge on any atom is 0.248 e. The molecule has 0 unspecified atom stereocenters. The number of H-pyrrole nitrogens is 1. The Morgan fingerprint density at radius 3 is 2.80 bits per heavy atom. The van der Waals surface area contributed by atoms with Crippen molar-refractivity contribution in [3.8, 4) is 11.3 Å². The predicted molar refractivity (Wildman–Crippen MR) is 99.9 cm³/mol. The first-order valence-corrected chi connectivity index (χ1v) is 12.0. The number of benzene rings is 1. The van der Waals surface area contributed by atoms with Gasteiger partial charge in [-0.1, -0.05) is 31.8 Å². The lowest BCUT2D eigenvalue weighted by atomic mass is 10.1. The highest BCUT2D eigenvalue weighted by molar-refractivity contribution is 6.76. The minimum Gasteiger partial charge on any atom is -0.360 e. The molecule has 0 fully saturated rings. The van der Waals surface area contributed by atoms with Crippen LogP contribution in [0.5, 0.6) is 0 Å². The molecule has 0 aliphatic rings. The molecule has 1 N–H and O–H groups in total. The summed E-state index contributed by atoms with van der Waals surface area (Å²) in [5.41, 5.74) is 1.41. The molecule has 0 amide bonds. The van der Waals surface area contributed by atoms with Crippen LogP contribution in [0.3, 0.4) is 0 Å². The molecule has 0 saturated carbocycles. The number of aromatic amines is 1. The second-order valence-electron chi connectivity index (χ2n) is 7.27. The number of aromatic nitrogens is 3. The van der Waals surface area contributed by atoms with E-state index in [-0.39, 0.29) is 18.1 Å². The van der Waals surface area contributed by atoms with Gasteiger partial charge in [0.1, 0.15) is 23.8 Å². The van der Waals surface area contributed by atoms with Gasteiger partial charge < -0.3 is 9.72 Å². The molecular formula is C18H22FN3O2Si. The summed E-state index contributed by atoms with van der Waals surface area (Å²) in [5.74, 6) is -0.352. The fourth-order valence-corrected chi connectivity index (χ4v) is 3.38. The largest absolute Gasteiger partial charge is 0.360 e. The highest BCUT2D eigenvalue weighted by atomic mass is 28.3. The van der Waals surface area contributed by atoms with Crippen LogP contribution in [0, 0.1) is 5.82 Å². The topological polar surface area (TPSA) is 59.9 Å². The Morgan fingerprint density at radius 1 is 1.28 bits per heavy atom. The van der Waals surface area contributed by atoms with Gasteiger partial charge in [-0.3, -0.25) is 4.79 Å². The molecule has 1 aromatic carbocycles. The normalized spacial score (nSPS) is 12.0. The fourth-order valence-electron chi connectivity index (χ4n) is 2.62. The molecule has 132 valence electrons. The third-order valence-electron chi connectivity index (χ3n) is 3.98. The number of pyridine rings is 1. The van der Waals surface area contributed by atoms with Gasteiger partial charge in [-0.25, -0.2) is 9.07 Å². The van der Waals surface area contributed by atoms with E-state index in [4.69, 9.17) is 4.74 Å². The van der Waals surface area contributed by atoms with Crippen molar-refractivity contribution in [2.75, 3.05) is 6.61 Å². The van der Waals surface area contributed by atoms with Crippen LogP contribution in [-0.4, -0.2) is 29.4 Å². The first-order valence-electron chi connectivity index (χ1n) is 8.27. The van der Waals surface area contributed by atoms with Crippen molar-refractivity contribution in [3.05, 3.63) is 52.7 Å². The zero-order chi connectivity index (χ0) is 18.0. The highest BCUT2D eigenvalue weighted by Crippen LogP contribution is 2.28. The summed E-state index contributed by atoms with van der Waals surface area (Å²) in [7, 11) is -1.18. The van der Waals surface area contributed by atoms with E-state index in [1.54, 1.807) is 24.4 Å². The lowest BCUT2D eigenvalue weighted by Crippen LogP contribution is -2.22. The molecule has 2 heterocycles. The second kappa shape index (κ2) is 6.93. The van der Waals surface area contributed by atoms with E-state index < -0.39 is 8.07 Å². The third kappa shape index (κ3) is 4.05. The molecule has 0 aliphatic carbocycles. The number of nitrogens with zero attached hydrogens (tertiary/aromatic N) is 2. The maximum atomic E-state index is 14.4. The van der Waals surface area contributed by atoms with Gasteiger partial charge in [0.15, 0.2) is 0 Å². The van der Waals surface area contributed by atoms with Gasteiger partial charge in [0.05, 0.1) is 0 Å². The Kier molecular flexibility index (Phi) is 4.87. The van der Waals surface area contributed by atoms with Crippen LogP contribution in [0.15, 0.2) is 41.3 Å². The van der Waals surface area contributed by atoms with Gasteiger partial charge in [0.2, 0.25) is 5.56 Å². The molecule has 2 aromatic heterocycles. The second-order valence-corrected chi connectivity index (χ2v) is 12.9. The molecule has 0 spiro atoms. The summed E-state index contributed by atoms with van der Waals surface area (Å²) in [6.45, 7) is 7.66. The zero-order valence-corrected chi connectivity index (χ0v) is 15.7. The van der Waals surface area contributed by atoms with Gasteiger partial charge in [-0.15, -0.1) is 0 Å². The average Bonchev–Trinajstić information content (AvgIpc) is 2.91. The molecule has 0 bridgehead atoms. The maximum absolute atomic E-state index is 14.4. The molecule has 0 aliphatic heterocycles. The van der Waals surface area contributed by atoms with Gasteiger partial charge in [0.25, 0.3) is 0 Å². The number of halogens is 1. The van der Waals surface area contributed by atoms with E-state index in [9.17, 15) is 9.18 Å². The minimum atomic E-state index is -1.18. The summed E-state index contributed by atoms with van der Waals surface area (Å²) in [5, 5.41) is 5.17. The first-order chi connectivity index (χ1) is 11.8. The quantitative estimate of drug-likeness (QED) is 0.537. The number of rotatable bonds is 6. The Labute approximate surface area is 146 Å². The summed E-state index contributed by atoms with van der Waals surface area (Å²) in [4.78, 5) is 14.2. The van der Waals surface area contributed by atoms with Crippen LogP contribution in [-0.2, 0) is 11.5 Å². The van der Waals surface area contributed by atoms with Crippen molar-refractivity contribution >= 4 is 19.0 Å². The number of nitrogens with one attached hydrogen (secondary N) is 1. The Morgan fingerprint density at radius 2 is 2.08 bits per heavy atom. The Hall–Kier alpha value is -2.25. The summed E-state index contributed by atoms with van der Waals surface area (Å²) in [6, 6.07) is 9.11. The molecule has 3 aromatic rings. The molecular weight excluding hydrogens is 337 g/mol. The number of ether oxygens (including phenoxy) is 1. The molecule has 5 nitrogen and oxygen atoms in total. The Balaban J connectivity index is 1.95. The van der Waals surface area contributed by atoms with Crippen molar-refractivity contribution in [2.45, 2.75) is 32.4 Å². The summed E-state index contributed by atoms with van der Waals surface area (Å²) >= 11 is 0. The molecule has 0 atom stereocenters. The molecule has 25 heavy (non-hydrogen) atoms. The third-order valence-corrected chi connectivity index (χ3v) is 5.68. The minimum absolute atomic E-state index is 0.186. The van der Waals surface area contributed by atoms with Crippen LogP contribution in [0.4, 0.5) is 4.39 Å². The molecule has 0 saturated heterocycles. The van der Waals surface area contributed by atoms with Crippen molar-refractivity contribution < 1.29 is 9.13 Å². The fraction of sp³-hybridized carbons (Fsp3) is 0.333. The van der Waals surface area contributed by atoms with Crippen LogP contribution >= 0.6 is 0 Å². The standard InChI is InChI=1S/C18H22FN3O2Si/c1-25(2,3)10-9-24-12-22-18-14(5-4-6-15(18)19)17(21-22)13-7-8-20-16(23)11-13/h4-8,11H,9-10,12H2,1-3H3,(H,20,23). The van der Waals surface area contributed by atoms with E-state index in [1.807, 2.05) is 0 Å². The van der Waals surface area contributed by atoms with Gasteiger partial charge >= 0.3 is 0 Å². The van der Waals surface area contributed by atoms with E-state index in [0.29, 0.717) is 28.8 Å². The Bertz CT molecular complexity index is 943. The van der Waals surface area contributed by atoms with Crippen molar-refractivity contribution in [1.29, 1.82) is 0 Å². The SMILES string of the molecule is C[Si](C)(C)CCOCn1nc(-c2cc[nH]c(=O)c2)c2cccc(F)c21. The van der Waals surface area contributed by atoms with Crippen LogP contribution in [0.1, 0.15) is 0 Å². The summed E-state index contributed by atoms with van der Waals surface area (Å²) < 4.78 is 21.6. The smallest absolute Gasteiger partial charge is 0.248 e. The first kappa shape index (κ1) is 17.6. The number of fused-ring (bicyclic) bond motifs is 1. The zero-order valence-electron chi connectivity index (χ0n) is 14.7. The van der Waals surface area contributed by atoms with Crippen LogP contribution in [0.2, 0.25) is 25.7 Å². The van der Waals surface area contributed by atoms with Crippen molar-refractivity contribution in [3.63, 3.8) is 0 Å².